The van der Waals surface area contributed by atoms with E-state index in [1.165, 1.54) is 0 Å². The van der Waals surface area contributed by atoms with E-state index in [4.69, 9.17) is 0 Å². The van der Waals surface area contributed by atoms with E-state index >= 15 is 0 Å². The maximum absolute atomic E-state index is 12.3. The molecule has 7 heteroatoms. The normalized spacial score (nSPS) is 18.7. The zero-order chi connectivity index (χ0) is 18.0. The Bertz CT molecular complexity index is 892. The van der Waals surface area contributed by atoms with Gasteiger partial charge in [0.2, 0.25) is 0 Å². The molecular formula is C18H21N3O3S. The fourth-order valence-electron chi connectivity index (χ4n) is 2.83. The van der Waals surface area contributed by atoms with Crippen LogP contribution >= 0.6 is 0 Å². The van der Waals surface area contributed by atoms with Gasteiger partial charge in [0.15, 0.2) is 9.84 Å². The van der Waals surface area contributed by atoms with Crippen molar-refractivity contribution in [3.8, 4) is 0 Å². The van der Waals surface area contributed by atoms with Crippen LogP contribution in [-0.2, 0) is 9.84 Å². The number of aromatic nitrogens is 1. The molecule has 1 amide bonds. The number of nitrogens with one attached hydrogen (secondary N) is 2. The predicted molar refractivity (Wildman–Crippen MR) is 98.8 cm³/mol. The Labute approximate surface area is 147 Å². The van der Waals surface area contributed by atoms with Gasteiger partial charge in [-0.2, -0.15) is 0 Å². The first-order valence-electron chi connectivity index (χ1n) is 8.15. The number of carbonyl (C=O) groups is 1. The molecule has 2 heterocycles. The number of benzene rings is 1. The van der Waals surface area contributed by atoms with Crippen LogP contribution < -0.4 is 10.6 Å². The lowest BCUT2D eigenvalue weighted by Crippen LogP contribution is -2.21. The zero-order valence-electron chi connectivity index (χ0n) is 14.2. The van der Waals surface area contributed by atoms with Crippen molar-refractivity contribution in [3.05, 3.63) is 53.3 Å². The number of aryl methyl sites for hydroxylation is 1. The standard InChI is InChI=1S/C18H21N3O3S/c1-12-4-3-5-16(13(12)2)21-18(22)17-7-6-14(10-19-17)20-15-8-9-25(23,24)11-15/h3-7,10,15,20H,8-9,11H2,1-2H3,(H,21,22). The minimum absolute atomic E-state index is 0.0959. The fourth-order valence-corrected chi connectivity index (χ4v) is 4.50. The molecule has 2 N–H and O–H groups in total. The second-order valence-electron chi connectivity index (χ2n) is 6.38. The molecule has 0 aliphatic carbocycles. The Hall–Kier alpha value is -2.41. The Balaban J connectivity index is 1.65. The number of amides is 1. The van der Waals surface area contributed by atoms with Gasteiger partial charge >= 0.3 is 0 Å². The number of nitrogens with zero attached hydrogens (tertiary/aromatic N) is 1. The Morgan fingerprint density at radius 2 is 2.00 bits per heavy atom. The van der Waals surface area contributed by atoms with Crippen LogP contribution in [0.2, 0.25) is 0 Å². The van der Waals surface area contributed by atoms with Gasteiger partial charge in [-0.15, -0.1) is 0 Å². The average molecular weight is 359 g/mol. The molecule has 1 unspecified atom stereocenters. The van der Waals surface area contributed by atoms with Crippen molar-refractivity contribution in [2.24, 2.45) is 0 Å². The molecule has 1 aliphatic rings. The molecule has 25 heavy (non-hydrogen) atoms. The van der Waals surface area contributed by atoms with Crippen LogP contribution in [0.5, 0.6) is 0 Å². The van der Waals surface area contributed by atoms with Crippen molar-refractivity contribution in [2.45, 2.75) is 26.3 Å². The van der Waals surface area contributed by atoms with E-state index in [9.17, 15) is 13.2 Å². The fraction of sp³-hybridized carbons (Fsp3) is 0.333. The van der Waals surface area contributed by atoms with Gasteiger partial charge in [-0.1, -0.05) is 12.1 Å². The van der Waals surface area contributed by atoms with Crippen molar-refractivity contribution < 1.29 is 13.2 Å². The molecule has 1 fully saturated rings. The Morgan fingerprint density at radius 1 is 1.20 bits per heavy atom. The molecule has 0 bridgehead atoms. The van der Waals surface area contributed by atoms with Gasteiger partial charge in [0, 0.05) is 11.7 Å². The molecule has 1 aromatic carbocycles. The maximum atomic E-state index is 12.3. The molecule has 0 saturated carbocycles. The van der Waals surface area contributed by atoms with Crippen LogP contribution in [0, 0.1) is 13.8 Å². The van der Waals surface area contributed by atoms with Crippen LogP contribution in [0.4, 0.5) is 11.4 Å². The first-order valence-corrected chi connectivity index (χ1v) is 9.97. The highest BCUT2D eigenvalue weighted by molar-refractivity contribution is 7.91. The average Bonchev–Trinajstić information content (AvgIpc) is 2.91. The van der Waals surface area contributed by atoms with Crippen molar-refractivity contribution in [2.75, 3.05) is 22.1 Å². The summed E-state index contributed by atoms with van der Waals surface area (Å²) >= 11 is 0. The second-order valence-corrected chi connectivity index (χ2v) is 8.61. The summed E-state index contributed by atoms with van der Waals surface area (Å²) in [6.07, 6.45) is 2.15. The molecule has 2 aromatic rings. The summed E-state index contributed by atoms with van der Waals surface area (Å²) in [5.41, 5.74) is 3.93. The van der Waals surface area contributed by atoms with Crippen molar-refractivity contribution in [3.63, 3.8) is 0 Å². The van der Waals surface area contributed by atoms with Gasteiger partial charge in [-0.05, 0) is 49.6 Å². The van der Waals surface area contributed by atoms with E-state index in [2.05, 4.69) is 15.6 Å². The van der Waals surface area contributed by atoms with E-state index in [0.29, 0.717) is 17.8 Å². The van der Waals surface area contributed by atoms with Crippen LogP contribution in [0.3, 0.4) is 0 Å². The number of anilines is 2. The summed E-state index contributed by atoms with van der Waals surface area (Å²) in [7, 11) is -2.93. The number of hydrogen-bond donors (Lipinski definition) is 2. The molecule has 1 saturated heterocycles. The Kier molecular flexibility index (Phi) is 4.76. The topological polar surface area (TPSA) is 88.2 Å². The van der Waals surface area contributed by atoms with Gasteiger partial charge < -0.3 is 10.6 Å². The lowest BCUT2D eigenvalue weighted by Gasteiger charge is -2.13. The van der Waals surface area contributed by atoms with E-state index in [-0.39, 0.29) is 23.5 Å². The van der Waals surface area contributed by atoms with E-state index in [1.807, 2.05) is 32.0 Å². The first-order chi connectivity index (χ1) is 11.8. The van der Waals surface area contributed by atoms with E-state index in [1.54, 1.807) is 18.3 Å². The maximum Gasteiger partial charge on any atom is 0.274 e. The van der Waals surface area contributed by atoms with Gasteiger partial charge in [-0.3, -0.25) is 4.79 Å². The predicted octanol–water partition coefficient (Wildman–Crippen LogP) is 2.55. The van der Waals surface area contributed by atoms with Gasteiger partial charge in [-0.25, -0.2) is 13.4 Å². The SMILES string of the molecule is Cc1cccc(NC(=O)c2ccc(NC3CCS(=O)(=O)C3)cn2)c1C. The van der Waals surface area contributed by atoms with Crippen LogP contribution in [0.25, 0.3) is 0 Å². The van der Waals surface area contributed by atoms with E-state index < -0.39 is 9.84 Å². The summed E-state index contributed by atoms with van der Waals surface area (Å²) in [5, 5.41) is 6.03. The molecule has 0 radical (unpaired) electrons. The van der Waals surface area contributed by atoms with Gasteiger partial charge in [0.1, 0.15) is 5.69 Å². The number of hydrogen-bond acceptors (Lipinski definition) is 5. The quantitative estimate of drug-likeness (QED) is 0.876. The largest absolute Gasteiger partial charge is 0.380 e. The number of rotatable bonds is 4. The summed E-state index contributed by atoms with van der Waals surface area (Å²) in [4.78, 5) is 16.5. The van der Waals surface area contributed by atoms with Crippen molar-refractivity contribution in [1.82, 2.24) is 4.98 Å². The second kappa shape index (κ2) is 6.84. The third kappa shape index (κ3) is 4.17. The number of carbonyl (C=O) groups excluding carboxylic acids is 1. The summed E-state index contributed by atoms with van der Waals surface area (Å²) < 4.78 is 23.0. The number of sulfone groups is 1. The molecular weight excluding hydrogens is 338 g/mol. The third-order valence-corrected chi connectivity index (χ3v) is 6.22. The number of pyridine rings is 1. The molecule has 1 aromatic heterocycles. The zero-order valence-corrected chi connectivity index (χ0v) is 15.1. The van der Waals surface area contributed by atoms with Gasteiger partial charge in [0.05, 0.1) is 23.4 Å². The molecule has 3 rings (SSSR count). The molecule has 1 aliphatic heterocycles. The minimum Gasteiger partial charge on any atom is -0.380 e. The van der Waals surface area contributed by atoms with Crippen LogP contribution in [0.1, 0.15) is 28.0 Å². The summed E-state index contributed by atoms with van der Waals surface area (Å²) in [5.74, 6) is 0.0831. The van der Waals surface area contributed by atoms with Crippen LogP contribution in [-0.4, -0.2) is 36.9 Å². The molecule has 132 valence electrons. The highest BCUT2D eigenvalue weighted by Crippen LogP contribution is 2.20. The van der Waals surface area contributed by atoms with Crippen LogP contribution in [0.15, 0.2) is 36.5 Å². The first kappa shape index (κ1) is 17.4. The monoisotopic (exact) mass is 359 g/mol. The lowest BCUT2D eigenvalue weighted by molar-refractivity contribution is 0.102. The van der Waals surface area contributed by atoms with Gasteiger partial charge in [0.25, 0.3) is 5.91 Å². The smallest absolute Gasteiger partial charge is 0.274 e. The molecule has 6 nitrogen and oxygen atoms in total. The highest BCUT2D eigenvalue weighted by Gasteiger charge is 2.27. The van der Waals surface area contributed by atoms with E-state index in [0.717, 1.165) is 16.8 Å². The lowest BCUT2D eigenvalue weighted by atomic mass is 10.1. The summed E-state index contributed by atoms with van der Waals surface area (Å²) in [6, 6.07) is 9.03. The van der Waals surface area contributed by atoms with Crippen molar-refractivity contribution in [1.29, 1.82) is 0 Å². The molecule has 1 atom stereocenters. The minimum atomic E-state index is -2.93. The van der Waals surface area contributed by atoms with Crippen molar-refractivity contribution >= 4 is 27.1 Å². The Morgan fingerprint density at radius 3 is 2.64 bits per heavy atom. The molecule has 0 spiro atoms. The highest BCUT2D eigenvalue weighted by atomic mass is 32.2. The summed E-state index contributed by atoms with van der Waals surface area (Å²) in [6.45, 7) is 3.95. The third-order valence-electron chi connectivity index (χ3n) is 4.45.